The number of carbonyl (C=O) groups is 2. The number of alkyl halides is 6. The molecule has 2 amide bonds. The first-order chi connectivity index (χ1) is 17.8. The zero-order valence-electron chi connectivity index (χ0n) is 19.7. The minimum Gasteiger partial charge on any atom is -0.379 e. The van der Waals surface area contributed by atoms with Crippen LogP contribution in [-0.4, -0.2) is 40.1 Å². The predicted octanol–water partition coefficient (Wildman–Crippen LogP) is 5.31. The molecule has 2 aliphatic carbocycles. The summed E-state index contributed by atoms with van der Waals surface area (Å²) in [6, 6.07) is 4.50. The fourth-order valence-corrected chi connectivity index (χ4v) is 5.25. The summed E-state index contributed by atoms with van der Waals surface area (Å²) in [7, 11) is 0. The number of benzene rings is 2. The van der Waals surface area contributed by atoms with Gasteiger partial charge in [0.25, 0.3) is 5.91 Å². The first-order valence-electron chi connectivity index (χ1n) is 12.1. The van der Waals surface area contributed by atoms with Crippen LogP contribution in [0.5, 0.6) is 0 Å². The lowest BCUT2D eigenvalue weighted by atomic mass is 9.98. The van der Waals surface area contributed by atoms with Crippen molar-refractivity contribution in [2.24, 2.45) is 11.8 Å². The van der Waals surface area contributed by atoms with Crippen molar-refractivity contribution in [2.45, 2.75) is 62.3 Å². The van der Waals surface area contributed by atoms with E-state index >= 15 is 0 Å². The second-order valence-electron chi connectivity index (χ2n) is 10.2. The van der Waals surface area contributed by atoms with Gasteiger partial charge in [-0.1, -0.05) is 18.2 Å². The van der Waals surface area contributed by atoms with Gasteiger partial charge in [0.1, 0.15) is 11.9 Å². The number of carbonyl (C=O) groups excluding carboxylic acids is 2. The summed E-state index contributed by atoms with van der Waals surface area (Å²) < 4.78 is 92.5. The summed E-state index contributed by atoms with van der Waals surface area (Å²) in [4.78, 5) is 28.0. The fraction of sp³-hybridized carbons (Fsp3) is 0.462. The van der Waals surface area contributed by atoms with Crippen molar-refractivity contribution in [3.63, 3.8) is 0 Å². The number of aliphatic hydroxyl groups excluding tert-OH is 1. The molecule has 1 heterocycles. The van der Waals surface area contributed by atoms with Crippen LogP contribution in [0.2, 0.25) is 0 Å². The third kappa shape index (κ3) is 5.10. The average molecular weight is 544 g/mol. The number of hydrogen-bond acceptors (Lipinski definition) is 3. The standard InChI is InChI=1S/C26H23F7N2O3/c27-18-11-16(25(28,29)30)6-7-17(18)21(12-4-5-12)34-23(37)20-10-15-9-19(15)35(20)24(38)14-3-1-2-13(8-14)22(36)26(31,32)33/h1-3,6-8,11-12,15,19-22,36H,4-5,9-10H2,(H,34,37)/t15-,19-,20-,21?,22?/m1/s1. The van der Waals surface area contributed by atoms with Gasteiger partial charge < -0.3 is 15.3 Å². The molecule has 0 bridgehead atoms. The third-order valence-corrected chi connectivity index (χ3v) is 7.45. The summed E-state index contributed by atoms with van der Waals surface area (Å²) in [6.07, 6.45) is -10.2. The van der Waals surface area contributed by atoms with Crippen molar-refractivity contribution in [3.05, 3.63) is 70.5 Å². The third-order valence-electron chi connectivity index (χ3n) is 7.45. The Labute approximate surface area is 212 Å². The number of nitrogens with zero attached hydrogens (tertiary/aromatic N) is 1. The Kier molecular flexibility index (Phi) is 6.44. The van der Waals surface area contributed by atoms with Crippen LogP contribution in [-0.2, 0) is 11.0 Å². The molecule has 5 atom stereocenters. The highest BCUT2D eigenvalue weighted by Crippen LogP contribution is 2.49. The van der Waals surface area contributed by atoms with Crippen LogP contribution in [0.3, 0.4) is 0 Å². The Balaban J connectivity index is 1.36. The van der Waals surface area contributed by atoms with Crippen LogP contribution < -0.4 is 5.32 Å². The van der Waals surface area contributed by atoms with Crippen LogP contribution in [0.15, 0.2) is 42.5 Å². The Bertz CT molecular complexity index is 1260. The molecule has 0 spiro atoms. The molecule has 3 aliphatic rings. The van der Waals surface area contributed by atoms with Gasteiger partial charge in [-0.05, 0) is 67.3 Å². The zero-order valence-corrected chi connectivity index (χ0v) is 19.7. The summed E-state index contributed by atoms with van der Waals surface area (Å²) in [5.74, 6) is -2.52. The molecule has 204 valence electrons. The van der Waals surface area contributed by atoms with Crippen LogP contribution in [0, 0.1) is 17.7 Å². The number of piperidine rings is 1. The lowest BCUT2D eigenvalue weighted by molar-refractivity contribution is -0.206. The van der Waals surface area contributed by atoms with E-state index in [1.807, 2.05) is 0 Å². The van der Waals surface area contributed by atoms with Crippen molar-refractivity contribution >= 4 is 11.8 Å². The first kappa shape index (κ1) is 26.5. The summed E-state index contributed by atoms with van der Waals surface area (Å²) >= 11 is 0. The molecule has 12 heteroatoms. The van der Waals surface area contributed by atoms with Crippen molar-refractivity contribution in [3.8, 4) is 0 Å². The molecule has 2 saturated carbocycles. The van der Waals surface area contributed by atoms with E-state index in [1.54, 1.807) is 0 Å². The Morgan fingerprint density at radius 2 is 1.71 bits per heavy atom. The van der Waals surface area contributed by atoms with E-state index in [9.17, 15) is 45.4 Å². The van der Waals surface area contributed by atoms with Crippen molar-refractivity contribution in [2.75, 3.05) is 0 Å². The molecular formula is C26H23F7N2O3. The van der Waals surface area contributed by atoms with E-state index in [2.05, 4.69) is 5.32 Å². The maximum Gasteiger partial charge on any atom is 0.418 e. The van der Waals surface area contributed by atoms with Gasteiger partial charge in [-0.15, -0.1) is 0 Å². The second-order valence-corrected chi connectivity index (χ2v) is 10.2. The molecule has 1 aliphatic heterocycles. The highest BCUT2D eigenvalue weighted by Gasteiger charge is 2.56. The van der Waals surface area contributed by atoms with Crippen LogP contribution >= 0.6 is 0 Å². The van der Waals surface area contributed by atoms with E-state index in [0.29, 0.717) is 31.7 Å². The highest BCUT2D eigenvalue weighted by molar-refractivity contribution is 5.99. The van der Waals surface area contributed by atoms with E-state index in [-0.39, 0.29) is 29.0 Å². The normalized spacial score (nSPS) is 24.5. The molecule has 5 nitrogen and oxygen atoms in total. The van der Waals surface area contributed by atoms with Gasteiger partial charge in [0.2, 0.25) is 5.91 Å². The smallest absolute Gasteiger partial charge is 0.379 e. The Morgan fingerprint density at radius 3 is 2.32 bits per heavy atom. The summed E-state index contributed by atoms with van der Waals surface area (Å²) in [5, 5.41) is 12.3. The predicted molar refractivity (Wildman–Crippen MR) is 119 cm³/mol. The number of rotatable bonds is 6. The van der Waals surface area contributed by atoms with Crippen molar-refractivity contribution in [1.29, 1.82) is 0 Å². The molecule has 2 aromatic carbocycles. The van der Waals surface area contributed by atoms with Crippen LogP contribution in [0.1, 0.15) is 64.9 Å². The first-order valence-corrected chi connectivity index (χ1v) is 12.1. The maximum atomic E-state index is 14.7. The lowest BCUT2D eigenvalue weighted by Crippen LogP contribution is -2.49. The number of aliphatic hydroxyl groups is 1. The maximum absolute atomic E-state index is 14.7. The monoisotopic (exact) mass is 544 g/mol. The molecule has 2 unspecified atom stereocenters. The second kappa shape index (κ2) is 9.25. The highest BCUT2D eigenvalue weighted by atomic mass is 19.4. The fourth-order valence-electron chi connectivity index (χ4n) is 5.25. The van der Waals surface area contributed by atoms with Gasteiger partial charge in [-0.25, -0.2) is 4.39 Å². The Hall–Kier alpha value is -3.15. The summed E-state index contributed by atoms with van der Waals surface area (Å²) in [5.41, 5.74) is -1.86. The number of hydrogen-bond donors (Lipinski definition) is 2. The molecule has 3 fully saturated rings. The van der Waals surface area contributed by atoms with Gasteiger partial charge >= 0.3 is 12.4 Å². The van der Waals surface area contributed by atoms with Gasteiger partial charge in [-0.3, -0.25) is 9.59 Å². The molecule has 0 radical (unpaired) electrons. The number of fused-ring (bicyclic) bond motifs is 1. The van der Waals surface area contributed by atoms with E-state index in [1.165, 1.54) is 17.0 Å². The zero-order chi connectivity index (χ0) is 27.6. The van der Waals surface area contributed by atoms with Crippen molar-refractivity contribution < 1.29 is 45.4 Å². The van der Waals surface area contributed by atoms with Crippen LogP contribution in [0.25, 0.3) is 0 Å². The van der Waals surface area contributed by atoms with Gasteiger partial charge in [-0.2, -0.15) is 26.3 Å². The molecule has 38 heavy (non-hydrogen) atoms. The Morgan fingerprint density at radius 1 is 1.00 bits per heavy atom. The quantitative estimate of drug-likeness (QED) is 0.485. The SMILES string of the molecule is O=C(NC(c1ccc(C(F)(F)F)cc1F)C1CC1)[C@H]1C[C@H]2C[C@H]2N1C(=O)c1cccc(C(O)C(F)(F)F)c1. The largest absolute Gasteiger partial charge is 0.418 e. The molecule has 0 aromatic heterocycles. The van der Waals surface area contributed by atoms with E-state index in [4.69, 9.17) is 0 Å². The van der Waals surface area contributed by atoms with Gasteiger partial charge in [0.05, 0.1) is 11.6 Å². The number of nitrogens with one attached hydrogen (secondary N) is 1. The minimum atomic E-state index is -4.93. The summed E-state index contributed by atoms with van der Waals surface area (Å²) in [6.45, 7) is 0. The number of amides is 2. The molecular weight excluding hydrogens is 521 g/mol. The van der Waals surface area contributed by atoms with E-state index < -0.39 is 59.3 Å². The van der Waals surface area contributed by atoms with Crippen molar-refractivity contribution in [1.82, 2.24) is 10.2 Å². The molecule has 5 rings (SSSR count). The molecule has 2 N–H and O–H groups in total. The average Bonchev–Trinajstić information content (AvgIpc) is 3.78. The number of halogens is 7. The van der Waals surface area contributed by atoms with Gasteiger partial charge in [0.15, 0.2) is 6.10 Å². The van der Waals surface area contributed by atoms with E-state index in [0.717, 1.165) is 24.3 Å². The lowest BCUT2D eigenvalue weighted by Gasteiger charge is -2.29. The molecule has 1 saturated heterocycles. The minimum absolute atomic E-state index is 0.0285. The molecule has 2 aromatic rings. The van der Waals surface area contributed by atoms with Gasteiger partial charge in [0, 0.05) is 17.2 Å². The topological polar surface area (TPSA) is 69.6 Å². The van der Waals surface area contributed by atoms with Crippen LogP contribution in [0.4, 0.5) is 30.7 Å². The number of likely N-dealkylation sites (tertiary alicyclic amines) is 1.